The average molecular weight is 254 g/mol. The van der Waals surface area contributed by atoms with Crippen LogP contribution in [0.5, 0.6) is 5.75 Å². The monoisotopic (exact) mass is 255 g/mol. The van der Waals surface area contributed by atoms with Gasteiger partial charge in [0.15, 0.2) is 0 Å². The number of phenols is 1. The van der Waals surface area contributed by atoms with E-state index < -0.39 is 0 Å². The molecule has 0 atom stereocenters. The molecule has 2 nitrogen and oxygen atoms in total. The van der Waals surface area contributed by atoms with Crippen molar-refractivity contribution in [3.63, 3.8) is 0 Å². The second-order valence-electron chi connectivity index (χ2n) is 3.26. The van der Waals surface area contributed by atoms with Gasteiger partial charge in [0.25, 0.3) is 0 Å². The van der Waals surface area contributed by atoms with Crippen molar-refractivity contribution >= 4 is 24.1 Å². The number of nitrogens with one attached hydrogen (secondary N) is 1. The van der Waals surface area contributed by atoms with Gasteiger partial charge in [-0.2, -0.15) is 0 Å². The fraction of sp³-hybridized carbons (Fsp3) is 0.273. The number of aromatic hydroxyl groups is 1. The van der Waals surface area contributed by atoms with Gasteiger partial charge in [-0.15, -0.1) is 0 Å². The normalized spacial score (nSPS) is 10.9. The third kappa shape index (κ3) is 1.71. The number of phenolic OH excluding ortho intramolecular Hbond substituents is 1. The van der Waals surface area contributed by atoms with E-state index in [4.69, 9.17) is 0 Å². The molecule has 14 heavy (non-hydrogen) atoms. The molecule has 0 amide bonds. The molecule has 0 aliphatic heterocycles. The van der Waals surface area contributed by atoms with Crippen LogP contribution in [-0.4, -0.2) is 33.2 Å². The molecule has 0 spiro atoms. The molecule has 0 fully saturated rings. The first-order valence-electron chi connectivity index (χ1n) is 4.65. The third-order valence-corrected chi connectivity index (χ3v) is 4.39. The summed E-state index contributed by atoms with van der Waals surface area (Å²) in [5.74, 6) is 0.434. The van der Waals surface area contributed by atoms with E-state index in [1.807, 2.05) is 13.1 Å². The Balaban J connectivity index is 2.45. The average Bonchev–Trinajstić information content (AvgIpc) is 2.59. The summed E-state index contributed by atoms with van der Waals surface area (Å²) < 4.78 is 1.31. The zero-order valence-corrected chi connectivity index (χ0v) is 9.79. The van der Waals surface area contributed by atoms with Crippen molar-refractivity contribution < 1.29 is 5.11 Å². The molecule has 3 heteroatoms. The first-order chi connectivity index (χ1) is 6.83. The summed E-state index contributed by atoms with van der Waals surface area (Å²) in [6.45, 7) is 0.968. The SMILES string of the molecule is CNCCc1c[se]c2cccc(O)c12. The van der Waals surface area contributed by atoms with Gasteiger partial charge in [0, 0.05) is 0 Å². The molecule has 1 aromatic carbocycles. The molecule has 0 radical (unpaired) electrons. The standard InChI is InChI=1S/C11H13NOSe/c1-12-6-5-8-7-14-10-4-2-3-9(13)11(8)10/h2-4,7,12-13H,5-6H2,1H3. The van der Waals surface area contributed by atoms with E-state index in [1.54, 1.807) is 6.07 Å². The number of hydrogen-bond acceptors (Lipinski definition) is 2. The third-order valence-electron chi connectivity index (χ3n) is 2.30. The van der Waals surface area contributed by atoms with Gasteiger partial charge < -0.3 is 0 Å². The molecule has 74 valence electrons. The molecular formula is C11H13NOSe. The quantitative estimate of drug-likeness (QED) is 0.811. The molecule has 0 aliphatic carbocycles. The molecule has 0 unspecified atom stereocenters. The molecule has 0 aliphatic rings. The Labute approximate surface area is 89.3 Å². The van der Waals surface area contributed by atoms with Crippen LogP contribution in [0.3, 0.4) is 0 Å². The van der Waals surface area contributed by atoms with Crippen LogP contribution in [0.15, 0.2) is 23.1 Å². The topological polar surface area (TPSA) is 32.3 Å². The van der Waals surface area contributed by atoms with Crippen LogP contribution in [0, 0.1) is 0 Å². The van der Waals surface area contributed by atoms with E-state index in [0.29, 0.717) is 20.3 Å². The number of rotatable bonds is 3. The van der Waals surface area contributed by atoms with Gasteiger partial charge in [0.05, 0.1) is 0 Å². The Morgan fingerprint density at radius 3 is 3.07 bits per heavy atom. The Kier molecular flexibility index (Phi) is 2.92. The van der Waals surface area contributed by atoms with Crippen molar-refractivity contribution in [3.05, 3.63) is 28.7 Å². The Hall–Kier alpha value is -0.761. The number of benzene rings is 1. The molecule has 2 aromatic rings. The summed E-state index contributed by atoms with van der Waals surface area (Å²) in [7, 11) is 1.95. The van der Waals surface area contributed by atoms with Crippen LogP contribution in [0.1, 0.15) is 5.56 Å². The van der Waals surface area contributed by atoms with Crippen molar-refractivity contribution in [1.82, 2.24) is 5.32 Å². The summed E-state index contributed by atoms with van der Waals surface area (Å²) in [6, 6.07) is 5.80. The Morgan fingerprint density at radius 2 is 2.29 bits per heavy atom. The second kappa shape index (κ2) is 4.18. The summed E-state index contributed by atoms with van der Waals surface area (Å²) >= 11 is 0.414. The maximum absolute atomic E-state index is 9.75. The van der Waals surface area contributed by atoms with Crippen LogP contribution in [0.25, 0.3) is 9.65 Å². The van der Waals surface area contributed by atoms with E-state index in [2.05, 4.69) is 16.3 Å². The van der Waals surface area contributed by atoms with Gasteiger partial charge in [0.2, 0.25) is 0 Å². The first kappa shape index (κ1) is 9.78. The second-order valence-corrected chi connectivity index (χ2v) is 5.18. The van der Waals surface area contributed by atoms with Crippen LogP contribution >= 0.6 is 0 Å². The fourth-order valence-electron chi connectivity index (χ4n) is 1.58. The van der Waals surface area contributed by atoms with Crippen LogP contribution in [0.4, 0.5) is 0 Å². The van der Waals surface area contributed by atoms with Crippen molar-refractivity contribution in [2.75, 3.05) is 13.6 Å². The summed E-state index contributed by atoms with van der Waals surface area (Å²) in [6.07, 6.45) is 1.00. The van der Waals surface area contributed by atoms with E-state index in [9.17, 15) is 5.11 Å². The molecule has 1 aromatic heterocycles. The minimum absolute atomic E-state index is 0.414. The van der Waals surface area contributed by atoms with Gasteiger partial charge in [0.1, 0.15) is 0 Å². The van der Waals surface area contributed by atoms with Crippen molar-refractivity contribution in [2.45, 2.75) is 6.42 Å². The summed E-state index contributed by atoms with van der Waals surface area (Å²) in [5.41, 5.74) is 1.30. The van der Waals surface area contributed by atoms with Gasteiger partial charge in [-0.3, -0.25) is 0 Å². The molecule has 1 heterocycles. The number of likely N-dealkylation sites (N-methyl/N-ethyl adjacent to an activating group) is 1. The minimum atomic E-state index is 0.414. The Bertz CT molecular complexity index is 436. The maximum atomic E-state index is 9.75. The molecule has 0 saturated carbocycles. The molecule has 0 saturated heterocycles. The van der Waals surface area contributed by atoms with Crippen molar-refractivity contribution in [2.24, 2.45) is 0 Å². The van der Waals surface area contributed by atoms with E-state index in [0.717, 1.165) is 18.4 Å². The molecule has 2 rings (SSSR count). The van der Waals surface area contributed by atoms with Crippen LogP contribution in [-0.2, 0) is 6.42 Å². The summed E-state index contributed by atoms with van der Waals surface area (Å²) in [5, 5.41) is 14.0. The fourth-order valence-corrected chi connectivity index (χ4v) is 3.71. The van der Waals surface area contributed by atoms with Crippen LogP contribution < -0.4 is 5.32 Å². The van der Waals surface area contributed by atoms with Gasteiger partial charge in [-0.25, -0.2) is 0 Å². The summed E-state index contributed by atoms with van der Waals surface area (Å²) in [4.78, 5) is 2.27. The van der Waals surface area contributed by atoms with Gasteiger partial charge in [-0.05, 0) is 0 Å². The van der Waals surface area contributed by atoms with Crippen LogP contribution in [0.2, 0.25) is 0 Å². The van der Waals surface area contributed by atoms with Crippen molar-refractivity contribution in [1.29, 1.82) is 0 Å². The van der Waals surface area contributed by atoms with Crippen molar-refractivity contribution in [3.8, 4) is 5.75 Å². The zero-order valence-electron chi connectivity index (χ0n) is 8.08. The van der Waals surface area contributed by atoms with Gasteiger partial charge in [-0.1, -0.05) is 0 Å². The van der Waals surface area contributed by atoms with E-state index >= 15 is 0 Å². The predicted octanol–water partition coefficient (Wildman–Crippen LogP) is 1.36. The molecule has 2 N–H and O–H groups in total. The number of hydrogen-bond donors (Lipinski definition) is 2. The Morgan fingerprint density at radius 1 is 1.43 bits per heavy atom. The van der Waals surface area contributed by atoms with E-state index in [-0.39, 0.29) is 0 Å². The van der Waals surface area contributed by atoms with E-state index in [1.165, 1.54) is 9.82 Å². The molecular weight excluding hydrogens is 241 g/mol. The predicted molar refractivity (Wildman–Crippen MR) is 60.2 cm³/mol. The van der Waals surface area contributed by atoms with Gasteiger partial charge >= 0.3 is 89.0 Å². The number of fused-ring (bicyclic) bond motifs is 1. The first-order valence-corrected chi connectivity index (χ1v) is 6.50. The molecule has 0 bridgehead atoms. The zero-order chi connectivity index (χ0) is 9.97.